The van der Waals surface area contributed by atoms with Crippen molar-refractivity contribution in [3.05, 3.63) is 64.9 Å². The van der Waals surface area contributed by atoms with Crippen LogP contribution in [-0.4, -0.2) is 68.2 Å². The van der Waals surface area contributed by atoms with Gasteiger partial charge in [-0.25, -0.2) is 19.8 Å². The van der Waals surface area contributed by atoms with Crippen molar-refractivity contribution in [2.45, 2.75) is 95.8 Å². The fraction of sp³-hybridized carbons (Fsp3) is 0.457. The van der Waals surface area contributed by atoms with Crippen LogP contribution >= 0.6 is 0 Å². The third kappa shape index (κ3) is 9.41. The Hall–Kier alpha value is -5.55. The number of hydrogen-bond acceptors (Lipinski definition) is 13. The number of nitrogens with two attached hydrogens (primary N) is 5. The third-order valence-electron chi connectivity index (χ3n) is 9.56. The van der Waals surface area contributed by atoms with E-state index in [4.69, 9.17) is 33.4 Å². The van der Waals surface area contributed by atoms with E-state index < -0.39 is 17.8 Å². The fourth-order valence-corrected chi connectivity index (χ4v) is 6.61. The molecule has 4 unspecified atom stereocenters. The van der Waals surface area contributed by atoms with Crippen LogP contribution in [0.4, 0.5) is 23.0 Å². The van der Waals surface area contributed by atoms with Gasteiger partial charge in [-0.1, -0.05) is 32.1 Å². The lowest BCUT2D eigenvalue weighted by Gasteiger charge is -2.32. The van der Waals surface area contributed by atoms with Gasteiger partial charge < -0.3 is 44.0 Å². The Morgan fingerprint density at radius 1 is 0.962 bits per heavy atom. The van der Waals surface area contributed by atoms with Gasteiger partial charge in [0.15, 0.2) is 11.5 Å². The van der Waals surface area contributed by atoms with Gasteiger partial charge in [-0.15, -0.1) is 0 Å². The Bertz CT molecular complexity index is 1840. The molecule has 52 heavy (non-hydrogen) atoms. The topological polar surface area (TPSA) is 283 Å². The highest BCUT2D eigenvalue weighted by molar-refractivity contribution is 6.20. The van der Waals surface area contributed by atoms with Gasteiger partial charge in [0.2, 0.25) is 0 Å². The largest absolute Gasteiger partial charge is 0.445 e. The van der Waals surface area contributed by atoms with Crippen molar-refractivity contribution < 1.29 is 19.1 Å². The molecule has 5 rings (SSSR count). The number of primary amides is 2. The monoisotopic (exact) mass is 715 g/mol. The zero-order chi connectivity index (χ0) is 37.4. The summed E-state index contributed by atoms with van der Waals surface area (Å²) in [6.07, 6.45) is 14.6. The molecule has 17 heteroatoms. The molecule has 3 aromatic rings. The number of aromatic nitrogens is 4. The van der Waals surface area contributed by atoms with E-state index in [2.05, 4.69) is 36.0 Å². The minimum atomic E-state index is -0.739. The first kappa shape index (κ1) is 37.7. The first-order chi connectivity index (χ1) is 24.9. The Kier molecular flexibility index (Phi) is 12.4. The van der Waals surface area contributed by atoms with Crippen LogP contribution in [0.1, 0.15) is 95.8 Å². The summed E-state index contributed by atoms with van der Waals surface area (Å²) >= 11 is 0. The predicted molar refractivity (Wildman–Crippen MR) is 198 cm³/mol. The van der Waals surface area contributed by atoms with Crippen LogP contribution in [0, 0.1) is 13.8 Å². The lowest BCUT2D eigenvalue weighted by atomic mass is 9.90. The molecule has 0 aliphatic heterocycles. The average molecular weight is 716 g/mol. The molecule has 0 bridgehead atoms. The number of carbonyl (C=O) groups is 3. The van der Waals surface area contributed by atoms with Gasteiger partial charge in [-0.3, -0.25) is 19.6 Å². The van der Waals surface area contributed by atoms with Gasteiger partial charge in [0.05, 0.1) is 35.4 Å². The standard InChI is InChI=1S/C35H49N13O4/c1-19-12-21(45-31(38)23(32(39)49)16-41-26-9-5-3-4-8-25(26)36)14-42-29(19)35(51)52-18-44-27-10-6-7-11-28(27)48-17-24(33(40)50)34(47-48)46-22-13-20(2)30(37)43-15-22/h12-17,25-28,41,44H,3-11,18,36H2,1-2H3,(H2,37,43)(H2,38,45)(H2,39,49)(H2,40,50)(H,46,47)/b23-16+. The number of aryl methyl sites for hydroxylation is 2. The molecule has 278 valence electrons. The van der Waals surface area contributed by atoms with E-state index in [0.717, 1.165) is 63.4 Å². The van der Waals surface area contributed by atoms with Gasteiger partial charge in [0.25, 0.3) is 11.8 Å². The van der Waals surface area contributed by atoms with Crippen LogP contribution in [0.2, 0.25) is 0 Å². The summed E-state index contributed by atoms with van der Waals surface area (Å²) in [5.74, 6) is -1.36. The number of nitrogens with zero attached hydrogens (tertiary/aromatic N) is 5. The fourth-order valence-electron chi connectivity index (χ4n) is 6.61. The van der Waals surface area contributed by atoms with Gasteiger partial charge >= 0.3 is 5.97 Å². The van der Waals surface area contributed by atoms with E-state index in [1.807, 2.05) is 13.0 Å². The van der Waals surface area contributed by atoms with Gasteiger partial charge in [-0.2, -0.15) is 5.10 Å². The smallest absolute Gasteiger partial charge is 0.358 e. The molecule has 3 aromatic heterocycles. The maximum atomic E-state index is 13.1. The van der Waals surface area contributed by atoms with Crippen LogP contribution in [0.15, 0.2) is 47.5 Å². The van der Waals surface area contributed by atoms with Crippen molar-refractivity contribution in [3.63, 3.8) is 0 Å². The van der Waals surface area contributed by atoms with Crippen LogP contribution in [0.25, 0.3) is 0 Å². The highest BCUT2D eigenvalue weighted by Crippen LogP contribution is 2.31. The Morgan fingerprint density at radius 3 is 2.42 bits per heavy atom. The summed E-state index contributed by atoms with van der Waals surface area (Å²) < 4.78 is 7.30. The summed E-state index contributed by atoms with van der Waals surface area (Å²) in [6, 6.07) is 3.14. The first-order valence-corrected chi connectivity index (χ1v) is 17.5. The summed E-state index contributed by atoms with van der Waals surface area (Å²) in [4.78, 5) is 50.4. The molecule has 0 spiro atoms. The Balaban J connectivity index is 1.21. The van der Waals surface area contributed by atoms with E-state index in [-0.39, 0.29) is 53.6 Å². The normalized spacial score (nSPS) is 21.2. The Morgan fingerprint density at radius 2 is 1.69 bits per heavy atom. The zero-order valence-electron chi connectivity index (χ0n) is 29.6. The SMILES string of the molecule is Cc1cc(Nc2nn(C3CCCCC3NCOC(=O)c3ncc(N=C(N)/C(=C\NC4CCCCCC4N)C(N)=O)cc3C)cc2C(N)=O)cnc1N. The molecule has 3 heterocycles. The van der Waals surface area contributed by atoms with Crippen molar-refractivity contribution in [1.82, 2.24) is 30.4 Å². The van der Waals surface area contributed by atoms with Crippen molar-refractivity contribution in [2.75, 3.05) is 17.8 Å². The van der Waals surface area contributed by atoms with E-state index in [1.54, 1.807) is 30.1 Å². The number of pyridine rings is 2. The molecule has 2 aliphatic carbocycles. The number of anilines is 3. The van der Waals surface area contributed by atoms with E-state index in [1.165, 1.54) is 12.4 Å². The van der Waals surface area contributed by atoms with E-state index >= 15 is 0 Å². The molecule has 17 nitrogen and oxygen atoms in total. The lowest BCUT2D eigenvalue weighted by molar-refractivity contribution is -0.114. The second kappa shape index (κ2) is 17.1. The number of carbonyl (C=O) groups excluding carboxylic acids is 3. The maximum absolute atomic E-state index is 13.1. The number of nitrogens with one attached hydrogen (secondary N) is 3. The molecular weight excluding hydrogens is 666 g/mol. The van der Waals surface area contributed by atoms with E-state index in [9.17, 15) is 14.4 Å². The van der Waals surface area contributed by atoms with Crippen molar-refractivity contribution >= 4 is 46.6 Å². The van der Waals surface area contributed by atoms with Crippen molar-refractivity contribution in [2.24, 2.45) is 27.9 Å². The lowest BCUT2D eigenvalue weighted by Crippen LogP contribution is -2.43. The Labute approximate surface area is 302 Å². The van der Waals surface area contributed by atoms with Gasteiger partial charge in [-0.05, 0) is 62.8 Å². The number of esters is 1. The second-order valence-corrected chi connectivity index (χ2v) is 13.4. The quantitative estimate of drug-likeness (QED) is 0.0315. The number of rotatable bonds is 13. The second-order valence-electron chi connectivity index (χ2n) is 13.4. The van der Waals surface area contributed by atoms with Crippen LogP contribution in [0.5, 0.6) is 0 Å². The number of hydrogen-bond donors (Lipinski definition) is 8. The number of aliphatic imine (C=N–C) groups is 1. The molecule has 2 fully saturated rings. The third-order valence-corrected chi connectivity index (χ3v) is 9.56. The minimum absolute atomic E-state index is 0.00363. The molecular formula is C35H49N13O4. The summed E-state index contributed by atoms with van der Waals surface area (Å²) in [5, 5.41) is 14.3. The predicted octanol–water partition coefficient (Wildman–Crippen LogP) is 2.21. The minimum Gasteiger partial charge on any atom is -0.445 e. The van der Waals surface area contributed by atoms with Crippen LogP contribution < -0.4 is 44.6 Å². The van der Waals surface area contributed by atoms with Crippen molar-refractivity contribution in [3.8, 4) is 0 Å². The highest BCUT2D eigenvalue weighted by atomic mass is 16.5. The van der Waals surface area contributed by atoms with Gasteiger partial charge in [0, 0.05) is 30.5 Å². The van der Waals surface area contributed by atoms with Crippen molar-refractivity contribution in [1.29, 1.82) is 0 Å². The number of amides is 2. The van der Waals surface area contributed by atoms with E-state index in [0.29, 0.717) is 28.6 Å². The molecule has 4 atom stereocenters. The zero-order valence-corrected chi connectivity index (χ0v) is 29.6. The maximum Gasteiger partial charge on any atom is 0.358 e. The average Bonchev–Trinajstić information content (AvgIpc) is 3.41. The molecule has 0 radical (unpaired) electrons. The molecule has 13 N–H and O–H groups in total. The summed E-state index contributed by atoms with van der Waals surface area (Å²) in [6.45, 7) is 3.45. The molecule has 0 saturated heterocycles. The number of nitrogen functional groups attached to an aromatic ring is 1. The molecule has 0 aromatic carbocycles. The molecule has 2 amide bonds. The number of ether oxygens (including phenoxy) is 1. The summed E-state index contributed by atoms with van der Waals surface area (Å²) in [5.41, 5.74) is 32.2. The first-order valence-electron chi connectivity index (χ1n) is 17.5. The molecule has 2 aliphatic rings. The summed E-state index contributed by atoms with van der Waals surface area (Å²) in [7, 11) is 0. The van der Waals surface area contributed by atoms with Crippen LogP contribution in [0.3, 0.4) is 0 Å². The molecule has 2 saturated carbocycles. The van der Waals surface area contributed by atoms with Crippen LogP contribution in [-0.2, 0) is 9.53 Å². The highest BCUT2D eigenvalue weighted by Gasteiger charge is 2.29. The number of amidine groups is 1. The van der Waals surface area contributed by atoms with Gasteiger partial charge in [0.1, 0.15) is 23.9 Å².